The van der Waals surface area contributed by atoms with E-state index in [4.69, 9.17) is 16.3 Å². The molecule has 0 aliphatic heterocycles. The molecule has 1 atom stereocenters. The molecule has 0 saturated heterocycles. The van der Waals surface area contributed by atoms with Crippen LogP contribution in [0, 0.1) is 0 Å². The lowest BCUT2D eigenvalue weighted by atomic mass is 10.00. The number of aliphatic carboxylic acids is 1. The summed E-state index contributed by atoms with van der Waals surface area (Å²) in [5, 5.41) is 10.0. The molecule has 1 aromatic heterocycles. The Labute approximate surface area is 177 Å². The average molecular weight is 428 g/mol. The number of fused-ring (bicyclic) bond motifs is 3. The molecule has 1 aliphatic rings. The van der Waals surface area contributed by atoms with Crippen molar-refractivity contribution in [2.45, 2.75) is 18.5 Å². The summed E-state index contributed by atoms with van der Waals surface area (Å²) < 4.78 is 5.60. The molecule has 29 heavy (non-hydrogen) atoms. The van der Waals surface area contributed by atoms with E-state index in [0.717, 1.165) is 27.1 Å². The Kier molecular flexibility index (Phi) is 5.30. The molecular weight excluding hydrogens is 410 g/mol. The van der Waals surface area contributed by atoms with Gasteiger partial charge in [-0.3, -0.25) is 4.90 Å². The first-order chi connectivity index (χ1) is 14.0. The fourth-order valence-electron chi connectivity index (χ4n) is 3.90. The Morgan fingerprint density at radius 3 is 2.14 bits per heavy atom. The number of benzene rings is 2. The number of carboxylic acids is 1. The van der Waals surface area contributed by atoms with E-state index in [2.05, 4.69) is 0 Å². The molecule has 1 aliphatic carbocycles. The van der Waals surface area contributed by atoms with Gasteiger partial charge in [0.05, 0.1) is 17.5 Å². The zero-order valence-electron chi connectivity index (χ0n) is 15.5. The number of halogens is 1. The summed E-state index contributed by atoms with van der Waals surface area (Å²) in [6, 6.07) is 17.3. The fourth-order valence-corrected chi connectivity index (χ4v) is 5.03. The smallest absolute Gasteiger partial charge is 0.411 e. The first kappa shape index (κ1) is 19.5. The molecule has 0 spiro atoms. The molecule has 148 valence electrons. The first-order valence-electron chi connectivity index (χ1n) is 9.02. The van der Waals surface area contributed by atoms with E-state index in [1.54, 1.807) is 12.1 Å². The third kappa shape index (κ3) is 3.50. The quantitative estimate of drug-likeness (QED) is 0.605. The number of hydrogen-bond donors (Lipinski definition) is 1. The standard InChI is InChI=1S/C22H18ClNO4S/c1-28-22(27)24(18(21(25)26)12-13-10-11-19(23)29-13)20-16-8-4-2-6-14(16)15-7-3-5-9-17(15)20/h2-11,18,20H,12H2,1H3,(H,25,26)/t18-/m0/s1. The summed E-state index contributed by atoms with van der Waals surface area (Å²) in [7, 11) is 1.27. The summed E-state index contributed by atoms with van der Waals surface area (Å²) in [5.74, 6) is -1.10. The van der Waals surface area contributed by atoms with E-state index < -0.39 is 24.1 Å². The van der Waals surface area contributed by atoms with E-state index in [1.807, 2.05) is 48.5 Å². The van der Waals surface area contributed by atoms with Gasteiger partial charge in [-0.2, -0.15) is 0 Å². The molecule has 1 amide bonds. The predicted octanol–water partition coefficient (Wildman–Crippen LogP) is 5.24. The minimum absolute atomic E-state index is 0.142. The van der Waals surface area contributed by atoms with Crippen LogP contribution in [-0.4, -0.2) is 35.2 Å². The van der Waals surface area contributed by atoms with Crippen molar-refractivity contribution in [1.29, 1.82) is 0 Å². The summed E-state index contributed by atoms with van der Waals surface area (Å²) in [6.45, 7) is 0. The van der Waals surface area contributed by atoms with Gasteiger partial charge in [-0.1, -0.05) is 60.1 Å². The van der Waals surface area contributed by atoms with Gasteiger partial charge in [-0.05, 0) is 34.4 Å². The Morgan fingerprint density at radius 2 is 1.66 bits per heavy atom. The van der Waals surface area contributed by atoms with Crippen molar-refractivity contribution in [3.8, 4) is 11.1 Å². The number of nitrogens with zero attached hydrogens (tertiary/aromatic N) is 1. The summed E-state index contributed by atoms with van der Waals surface area (Å²) in [4.78, 5) is 27.3. The van der Waals surface area contributed by atoms with Crippen molar-refractivity contribution in [3.05, 3.63) is 81.0 Å². The molecule has 3 aromatic rings. The number of carbonyl (C=O) groups excluding carboxylic acids is 1. The maximum absolute atomic E-state index is 12.9. The van der Waals surface area contributed by atoms with E-state index in [1.165, 1.54) is 23.3 Å². The molecule has 1 heterocycles. The van der Waals surface area contributed by atoms with Crippen molar-refractivity contribution < 1.29 is 19.4 Å². The van der Waals surface area contributed by atoms with Gasteiger partial charge < -0.3 is 9.84 Å². The molecule has 0 saturated carbocycles. The molecule has 0 bridgehead atoms. The zero-order valence-corrected chi connectivity index (χ0v) is 17.1. The summed E-state index contributed by atoms with van der Waals surface area (Å²) in [6.07, 6.45) is -0.542. The highest BCUT2D eigenvalue weighted by molar-refractivity contribution is 7.16. The van der Waals surface area contributed by atoms with Crippen molar-refractivity contribution in [3.63, 3.8) is 0 Å². The molecule has 5 nitrogen and oxygen atoms in total. The van der Waals surface area contributed by atoms with Crippen LogP contribution in [0.5, 0.6) is 0 Å². The highest BCUT2D eigenvalue weighted by Crippen LogP contribution is 2.47. The Balaban J connectivity index is 1.84. The van der Waals surface area contributed by atoms with Crippen LogP contribution in [0.2, 0.25) is 4.34 Å². The Bertz CT molecular complexity index is 1030. The average Bonchev–Trinajstić information content (AvgIpc) is 3.28. The van der Waals surface area contributed by atoms with Gasteiger partial charge in [0, 0.05) is 11.3 Å². The lowest BCUT2D eigenvalue weighted by Crippen LogP contribution is -2.48. The van der Waals surface area contributed by atoms with Gasteiger partial charge in [0.1, 0.15) is 6.04 Å². The normalized spacial score (nSPS) is 13.4. The van der Waals surface area contributed by atoms with Crippen LogP contribution in [0.4, 0.5) is 4.79 Å². The predicted molar refractivity (Wildman–Crippen MR) is 112 cm³/mol. The highest BCUT2D eigenvalue weighted by atomic mass is 35.5. The number of ether oxygens (including phenoxy) is 1. The molecule has 0 radical (unpaired) electrons. The Morgan fingerprint density at radius 1 is 1.07 bits per heavy atom. The van der Waals surface area contributed by atoms with Gasteiger partial charge in [0.15, 0.2) is 0 Å². The number of thiophene rings is 1. The number of carboxylic acid groups (broad SMARTS) is 1. The number of amides is 1. The number of rotatable bonds is 5. The van der Waals surface area contributed by atoms with Gasteiger partial charge in [0.2, 0.25) is 0 Å². The van der Waals surface area contributed by atoms with E-state index in [-0.39, 0.29) is 6.42 Å². The third-order valence-corrected chi connectivity index (χ3v) is 6.36. The fraction of sp³-hybridized carbons (Fsp3) is 0.182. The van der Waals surface area contributed by atoms with Gasteiger partial charge in [-0.25, -0.2) is 9.59 Å². The van der Waals surface area contributed by atoms with E-state index in [0.29, 0.717) is 4.34 Å². The molecule has 0 fully saturated rings. The Hall–Kier alpha value is -2.83. The van der Waals surface area contributed by atoms with E-state index >= 15 is 0 Å². The minimum Gasteiger partial charge on any atom is -0.480 e. The molecule has 4 rings (SSSR count). The van der Waals surface area contributed by atoms with Gasteiger partial charge >= 0.3 is 12.1 Å². The first-order valence-corrected chi connectivity index (χ1v) is 10.2. The second-order valence-electron chi connectivity index (χ2n) is 6.72. The van der Waals surface area contributed by atoms with Crippen LogP contribution in [-0.2, 0) is 16.0 Å². The van der Waals surface area contributed by atoms with Crippen molar-refractivity contribution in [2.24, 2.45) is 0 Å². The maximum Gasteiger partial charge on any atom is 0.411 e. The molecule has 1 N–H and O–H groups in total. The third-order valence-electron chi connectivity index (χ3n) is 5.11. The van der Waals surface area contributed by atoms with Gasteiger partial charge in [-0.15, -0.1) is 11.3 Å². The van der Waals surface area contributed by atoms with Crippen molar-refractivity contribution in [1.82, 2.24) is 4.90 Å². The van der Waals surface area contributed by atoms with Crippen LogP contribution in [0.25, 0.3) is 11.1 Å². The highest BCUT2D eigenvalue weighted by Gasteiger charge is 2.42. The number of hydrogen-bond acceptors (Lipinski definition) is 4. The second kappa shape index (κ2) is 7.89. The lowest BCUT2D eigenvalue weighted by Gasteiger charge is -2.34. The van der Waals surface area contributed by atoms with Crippen LogP contribution in [0.1, 0.15) is 22.0 Å². The largest absolute Gasteiger partial charge is 0.480 e. The van der Waals surface area contributed by atoms with Crippen LogP contribution >= 0.6 is 22.9 Å². The molecule has 2 aromatic carbocycles. The number of carbonyl (C=O) groups is 2. The monoisotopic (exact) mass is 427 g/mol. The van der Waals surface area contributed by atoms with E-state index in [9.17, 15) is 14.7 Å². The topological polar surface area (TPSA) is 66.8 Å². The molecule has 0 unspecified atom stereocenters. The molecular formula is C22H18ClNO4S. The van der Waals surface area contributed by atoms with Crippen LogP contribution in [0.15, 0.2) is 60.7 Å². The van der Waals surface area contributed by atoms with Crippen LogP contribution < -0.4 is 0 Å². The van der Waals surface area contributed by atoms with Crippen molar-refractivity contribution >= 4 is 35.0 Å². The van der Waals surface area contributed by atoms with Gasteiger partial charge in [0.25, 0.3) is 0 Å². The zero-order chi connectivity index (χ0) is 20.5. The molecule has 7 heteroatoms. The minimum atomic E-state index is -1.11. The summed E-state index contributed by atoms with van der Waals surface area (Å²) in [5.41, 5.74) is 3.75. The lowest BCUT2D eigenvalue weighted by molar-refractivity contribution is -0.143. The van der Waals surface area contributed by atoms with Crippen molar-refractivity contribution in [2.75, 3.05) is 7.11 Å². The maximum atomic E-state index is 12.9. The SMILES string of the molecule is COC(=O)N(C1c2ccccc2-c2ccccc21)[C@@H](Cc1ccc(Cl)s1)C(=O)O. The number of methoxy groups -OCH3 is 1. The summed E-state index contributed by atoms with van der Waals surface area (Å²) >= 11 is 7.33. The van der Waals surface area contributed by atoms with Crippen LogP contribution in [0.3, 0.4) is 0 Å². The second-order valence-corrected chi connectivity index (χ2v) is 8.52.